The number of hydrogen-bond acceptors (Lipinski definition) is 7. The van der Waals surface area contributed by atoms with Gasteiger partial charge < -0.3 is 9.47 Å². The molecule has 0 atom stereocenters. The minimum Gasteiger partial charge on any atom is -0.493 e. The van der Waals surface area contributed by atoms with E-state index in [-0.39, 0.29) is 29.3 Å². The SMILES string of the molecule is COc1cc(/C=N\N2CC(=O)NC2=O)c([N+](=O)[O-])cc1OC. The van der Waals surface area contributed by atoms with Crippen molar-refractivity contribution < 1.29 is 24.0 Å². The summed E-state index contributed by atoms with van der Waals surface area (Å²) in [4.78, 5) is 32.9. The first-order chi connectivity index (χ1) is 10.5. The lowest BCUT2D eigenvalue weighted by molar-refractivity contribution is -0.385. The fourth-order valence-electron chi connectivity index (χ4n) is 1.80. The summed E-state index contributed by atoms with van der Waals surface area (Å²) >= 11 is 0. The van der Waals surface area contributed by atoms with E-state index in [0.29, 0.717) is 0 Å². The van der Waals surface area contributed by atoms with E-state index in [1.54, 1.807) is 0 Å². The molecule has 116 valence electrons. The summed E-state index contributed by atoms with van der Waals surface area (Å²) in [5.41, 5.74) is -0.165. The molecule has 0 spiro atoms. The maximum Gasteiger partial charge on any atom is 0.344 e. The predicted octanol–water partition coefficient (Wildman–Crippen LogP) is 0.498. The first-order valence-electron chi connectivity index (χ1n) is 6.02. The second-order valence-corrected chi connectivity index (χ2v) is 4.18. The lowest BCUT2D eigenvalue weighted by Crippen LogP contribution is -2.24. The Balaban J connectivity index is 2.38. The van der Waals surface area contributed by atoms with Gasteiger partial charge in [0.15, 0.2) is 11.5 Å². The number of benzene rings is 1. The van der Waals surface area contributed by atoms with Crippen molar-refractivity contribution in [3.63, 3.8) is 0 Å². The van der Waals surface area contributed by atoms with E-state index < -0.39 is 16.9 Å². The summed E-state index contributed by atoms with van der Waals surface area (Å²) in [6, 6.07) is 1.86. The number of methoxy groups -OCH3 is 2. The Bertz CT molecular complexity index is 672. The van der Waals surface area contributed by atoms with Gasteiger partial charge in [-0.15, -0.1) is 0 Å². The molecule has 10 nitrogen and oxygen atoms in total. The highest BCUT2D eigenvalue weighted by Gasteiger charge is 2.26. The van der Waals surface area contributed by atoms with Gasteiger partial charge >= 0.3 is 6.03 Å². The fourth-order valence-corrected chi connectivity index (χ4v) is 1.80. The Hall–Kier alpha value is -3.17. The lowest BCUT2D eigenvalue weighted by atomic mass is 10.1. The highest BCUT2D eigenvalue weighted by atomic mass is 16.6. The van der Waals surface area contributed by atoms with Gasteiger partial charge in [-0.2, -0.15) is 5.10 Å². The average molecular weight is 308 g/mol. The fraction of sp³-hybridized carbons (Fsp3) is 0.250. The zero-order valence-electron chi connectivity index (χ0n) is 11.7. The molecule has 2 rings (SSSR count). The Morgan fingerprint density at radius 3 is 2.45 bits per heavy atom. The monoisotopic (exact) mass is 308 g/mol. The van der Waals surface area contributed by atoms with E-state index in [2.05, 4.69) is 5.10 Å². The minimum absolute atomic E-state index is 0.106. The largest absolute Gasteiger partial charge is 0.493 e. The van der Waals surface area contributed by atoms with Crippen LogP contribution in [0.2, 0.25) is 0 Å². The van der Waals surface area contributed by atoms with Gasteiger partial charge in [-0.1, -0.05) is 0 Å². The van der Waals surface area contributed by atoms with Gasteiger partial charge in [0.2, 0.25) is 5.91 Å². The molecule has 0 aromatic heterocycles. The van der Waals surface area contributed by atoms with Crippen LogP contribution in [-0.2, 0) is 4.79 Å². The number of imide groups is 1. The third-order valence-electron chi connectivity index (χ3n) is 2.84. The molecule has 3 amide bonds. The maximum atomic E-state index is 11.3. The van der Waals surface area contributed by atoms with Gasteiger partial charge in [0, 0.05) is 0 Å². The summed E-state index contributed by atoms with van der Waals surface area (Å²) in [5, 5.41) is 17.8. The molecule has 0 aliphatic carbocycles. The molecule has 0 bridgehead atoms. The van der Waals surface area contributed by atoms with E-state index in [1.165, 1.54) is 26.4 Å². The van der Waals surface area contributed by atoms with Gasteiger partial charge in [0.05, 0.1) is 37.0 Å². The molecular weight excluding hydrogens is 296 g/mol. The predicted molar refractivity (Wildman–Crippen MR) is 74.0 cm³/mol. The van der Waals surface area contributed by atoms with Crippen LogP contribution in [0.25, 0.3) is 0 Å². The molecule has 1 aliphatic rings. The number of rotatable bonds is 5. The molecule has 1 aromatic rings. The molecule has 1 heterocycles. The summed E-state index contributed by atoms with van der Waals surface area (Å²) in [6.45, 7) is -0.240. The van der Waals surface area contributed by atoms with Crippen LogP contribution in [0.5, 0.6) is 11.5 Å². The number of amides is 3. The second kappa shape index (κ2) is 6.08. The number of carbonyl (C=O) groups is 2. The Kier molecular flexibility index (Phi) is 4.20. The van der Waals surface area contributed by atoms with Gasteiger partial charge in [-0.05, 0) is 6.07 Å². The maximum absolute atomic E-state index is 11.3. The molecule has 1 saturated heterocycles. The number of urea groups is 1. The Morgan fingerprint density at radius 2 is 1.95 bits per heavy atom. The summed E-state index contributed by atoms with van der Waals surface area (Å²) in [7, 11) is 2.74. The zero-order chi connectivity index (χ0) is 16.3. The number of nitro benzene ring substituents is 1. The van der Waals surface area contributed by atoms with Crippen molar-refractivity contribution in [3.05, 3.63) is 27.8 Å². The summed E-state index contributed by atoms with van der Waals surface area (Å²) < 4.78 is 10.1. The number of nitrogens with zero attached hydrogens (tertiary/aromatic N) is 3. The number of ether oxygens (including phenoxy) is 2. The molecule has 0 radical (unpaired) electrons. The lowest BCUT2D eigenvalue weighted by Gasteiger charge is -2.09. The third kappa shape index (κ3) is 2.95. The Morgan fingerprint density at radius 1 is 1.32 bits per heavy atom. The molecule has 10 heteroatoms. The average Bonchev–Trinajstić information content (AvgIpc) is 2.81. The molecule has 1 fully saturated rings. The summed E-state index contributed by atoms with van der Waals surface area (Å²) in [6.07, 6.45) is 1.11. The van der Waals surface area contributed by atoms with Gasteiger partial charge in [0.25, 0.3) is 5.69 Å². The molecular formula is C12H12N4O6. The number of hydrazone groups is 1. The van der Waals surface area contributed by atoms with Crippen molar-refractivity contribution in [1.82, 2.24) is 10.3 Å². The normalized spacial score (nSPS) is 14.4. The van der Waals surface area contributed by atoms with E-state index in [4.69, 9.17) is 9.47 Å². The van der Waals surface area contributed by atoms with E-state index in [1.807, 2.05) is 5.32 Å². The van der Waals surface area contributed by atoms with Crippen LogP contribution in [-0.4, -0.2) is 48.8 Å². The van der Waals surface area contributed by atoms with Crippen molar-refractivity contribution in [2.75, 3.05) is 20.8 Å². The van der Waals surface area contributed by atoms with Gasteiger partial charge in [-0.3, -0.25) is 20.2 Å². The molecule has 1 aromatic carbocycles. The number of nitrogens with one attached hydrogen (secondary N) is 1. The van der Waals surface area contributed by atoms with Crippen molar-refractivity contribution in [3.8, 4) is 11.5 Å². The second-order valence-electron chi connectivity index (χ2n) is 4.18. The highest BCUT2D eigenvalue weighted by Crippen LogP contribution is 2.33. The van der Waals surface area contributed by atoms with E-state index >= 15 is 0 Å². The zero-order valence-corrected chi connectivity index (χ0v) is 11.7. The van der Waals surface area contributed by atoms with Crippen molar-refractivity contribution >= 4 is 23.8 Å². The number of hydrogen-bond donors (Lipinski definition) is 1. The van der Waals surface area contributed by atoms with Crippen LogP contribution in [0.15, 0.2) is 17.2 Å². The summed E-state index contributed by atoms with van der Waals surface area (Å²) in [5.74, 6) is -0.0269. The van der Waals surface area contributed by atoms with Crippen LogP contribution in [0.3, 0.4) is 0 Å². The first kappa shape index (κ1) is 15.2. The minimum atomic E-state index is -0.690. The molecule has 0 unspecified atom stereocenters. The molecule has 1 aliphatic heterocycles. The van der Waals surface area contributed by atoms with Crippen molar-refractivity contribution in [1.29, 1.82) is 0 Å². The van der Waals surface area contributed by atoms with Gasteiger partial charge in [-0.25, -0.2) is 9.80 Å². The van der Waals surface area contributed by atoms with Crippen LogP contribution < -0.4 is 14.8 Å². The highest BCUT2D eigenvalue weighted by molar-refractivity contribution is 6.02. The number of nitro groups is 1. The van der Waals surface area contributed by atoms with Crippen LogP contribution in [0.4, 0.5) is 10.5 Å². The standard InChI is InChI=1S/C12H12N4O6/c1-21-9-3-7(8(16(19)20)4-10(9)22-2)5-13-15-6-11(17)14-12(15)18/h3-5H,6H2,1-2H3,(H,14,17,18)/b13-5-. The molecule has 0 saturated carbocycles. The third-order valence-corrected chi connectivity index (χ3v) is 2.84. The van der Waals surface area contributed by atoms with E-state index in [0.717, 1.165) is 11.2 Å². The molecule has 22 heavy (non-hydrogen) atoms. The van der Waals surface area contributed by atoms with Crippen LogP contribution >= 0.6 is 0 Å². The molecule has 1 N–H and O–H groups in total. The van der Waals surface area contributed by atoms with Crippen LogP contribution in [0.1, 0.15) is 5.56 Å². The van der Waals surface area contributed by atoms with Crippen molar-refractivity contribution in [2.24, 2.45) is 5.10 Å². The van der Waals surface area contributed by atoms with E-state index in [9.17, 15) is 19.7 Å². The Labute approximate surface area is 124 Å². The number of carbonyl (C=O) groups excluding carboxylic acids is 2. The van der Waals surface area contributed by atoms with Crippen molar-refractivity contribution in [2.45, 2.75) is 0 Å². The van der Waals surface area contributed by atoms with Gasteiger partial charge in [0.1, 0.15) is 6.54 Å². The van der Waals surface area contributed by atoms with Crippen LogP contribution in [0, 0.1) is 10.1 Å². The first-order valence-corrected chi connectivity index (χ1v) is 6.02. The smallest absolute Gasteiger partial charge is 0.344 e. The topological polar surface area (TPSA) is 123 Å². The quantitative estimate of drug-likeness (QED) is 0.365.